The van der Waals surface area contributed by atoms with Crippen LogP contribution in [-0.2, 0) is 9.53 Å². The van der Waals surface area contributed by atoms with Gasteiger partial charge in [0.15, 0.2) is 0 Å². The van der Waals surface area contributed by atoms with Crippen molar-refractivity contribution in [2.24, 2.45) is 5.41 Å². The van der Waals surface area contributed by atoms with Gasteiger partial charge in [-0.15, -0.1) is 0 Å². The Morgan fingerprint density at radius 1 is 1.29 bits per heavy atom. The van der Waals surface area contributed by atoms with Gasteiger partial charge in [-0.25, -0.2) is 0 Å². The number of hydrogen-bond acceptors (Lipinski definition) is 3. The second kappa shape index (κ2) is 6.12. The quantitative estimate of drug-likeness (QED) is 0.462. The predicted octanol–water partition coefficient (Wildman–Crippen LogP) is 4.41. The molecule has 4 heteroatoms. The summed E-state index contributed by atoms with van der Waals surface area (Å²) >= 11 is 7.30. The standard InChI is InChI=1S/C13H15ClO2S/c1-13(2,3)12(15)16-9-11(14)17-10-7-5-4-6-8-10/h4-9H,1-3H3/b11-9+. The summed E-state index contributed by atoms with van der Waals surface area (Å²) in [5, 5.41) is 0. The molecule has 17 heavy (non-hydrogen) atoms. The SMILES string of the molecule is CC(C)(C)C(=O)O/C=C(\Cl)Sc1ccccc1. The Morgan fingerprint density at radius 2 is 1.88 bits per heavy atom. The summed E-state index contributed by atoms with van der Waals surface area (Å²) in [5.41, 5.74) is -0.523. The number of hydrogen-bond donors (Lipinski definition) is 0. The van der Waals surface area contributed by atoms with E-state index in [4.69, 9.17) is 16.3 Å². The molecule has 0 aliphatic rings. The molecule has 1 rings (SSSR count). The minimum absolute atomic E-state index is 0.302. The zero-order valence-corrected chi connectivity index (χ0v) is 11.6. The first kappa shape index (κ1) is 14.1. The molecule has 2 nitrogen and oxygen atoms in total. The van der Waals surface area contributed by atoms with Crippen molar-refractivity contribution in [2.75, 3.05) is 0 Å². The summed E-state index contributed by atoms with van der Waals surface area (Å²) in [4.78, 5) is 12.5. The first-order valence-electron chi connectivity index (χ1n) is 5.19. The highest BCUT2D eigenvalue weighted by molar-refractivity contribution is 8.04. The number of esters is 1. The number of benzene rings is 1. The Morgan fingerprint density at radius 3 is 2.41 bits per heavy atom. The molecule has 0 saturated heterocycles. The zero-order valence-electron chi connectivity index (χ0n) is 10.1. The van der Waals surface area contributed by atoms with Crippen molar-refractivity contribution >= 4 is 29.3 Å². The van der Waals surface area contributed by atoms with Crippen LogP contribution < -0.4 is 0 Å². The summed E-state index contributed by atoms with van der Waals surface area (Å²) in [6, 6.07) is 9.65. The summed E-state index contributed by atoms with van der Waals surface area (Å²) in [5.74, 6) is -0.302. The van der Waals surface area contributed by atoms with Gasteiger partial charge in [-0.1, -0.05) is 41.6 Å². The second-order valence-electron chi connectivity index (χ2n) is 4.49. The lowest BCUT2D eigenvalue weighted by Gasteiger charge is -2.14. The van der Waals surface area contributed by atoms with Crippen molar-refractivity contribution in [2.45, 2.75) is 25.7 Å². The Hall–Kier alpha value is -0.930. The third-order valence-electron chi connectivity index (χ3n) is 1.83. The second-order valence-corrected chi connectivity index (χ2v) is 6.24. The maximum Gasteiger partial charge on any atom is 0.316 e. The lowest BCUT2D eigenvalue weighted by Crippen LogP contribution is -2.20. The molecular weight excluding hydrogens is 256 g/mol. The van der Waals surface area contributed by atoms with Crippen LogP contribution in [-0.4, -0.2) is 5.97 Å². The van der Waals surface area contributed by atoms with Crippen LogP contribution >= 0.6 is 23.4 Å². The van der Waals surface area contributed by atoms with E-state index >= 15 is 0 Å². The summed E-state index contributed by atoms with van der Waals surface area (Å²) in [7, 11) is 0. The van der Waals surface area contributed by atoms with Crippen molar-refractivity contribution in [3.63, 3.8) is 0 Å². The van der Waals surface area contributed by atoms with Gasteiger partial charge in [-0.2, -0.15) is 0 Å². The van der Waals surface area contributed by atoms with E-state index in [0.29, 0.717) is 4.36 Å². The fourth-order valence-electron chi connectivity index (χ4n) is 0.902. The lowest BCUT2D eigenvalue weighted by molar-refractivity contribution is -0.146. The number of rotatable bonds is 3. The molecule has 0 unspecified atom stereocenters. The van der Waals surface area contributed by atoms with E-state index < -0.39 is 5.41 Å². The minimum Gasteiger partial charge on any atom is -0.432 e. The first-order valence-corrected chi connectivity index (χ1v) is 6.39. The molecule has 1 aromatic rings. The Balaban J connectivity index is 2.54. The van der Waals surface area contributed by atoms with E-state index in [1.165, 1.54) is 18.0 Å². The molecule has 0 spiro atoms. The van der Waals surface area contributed by atoms with Gasteiger partial charge in [0.05, 0.1) is 5.41 Å². The van der Waals surface area contributed by atoms with E-state index in [2.05, 4.69) is 0 Å². The number of halogens is 1. The monoisotopic (exact) mass is 270 g/mol. The van der Waals surface area contributed by atoms with Gasteiger partial charge in [0.25, 0.3) is 0 Å². The molecular formula is C13H15ClO2S. The number of thioether (sulfide) groups is 1. The highest BCUT2D eigenvalue weighted by Gasteiger charge is 2.22. The van der Waals surface area contributed by atoms with Gasteiger partial charge in [0, 0.05) is 4.90 Å². The van der Waals surface area contributed by atoms with Crippen molar-refractivity contribution in [3.05, 3.63) is 41.0 Å². The zero-order chi connectivity index (χ0) is 12.9. The molecule has 0 amide bonds. The molecule has 0 heterocycles. The topological polar surface area (TPSA) is 26.3 Å². The van der Waals surface area contributed by atoms with Crippen LogP contribution in [0.3, 0.4) is 0 Å². The summed E-state index contributed by atoms with van der Waals surface area (Å²) in [6.07, 6.45) is 1.28. The van der Waals surface area contributed by atoms with Gasteiger partial charge in [0.1, 0.15) is 10.6 Å². The molecule has 0 fully saturated rings. The number of carbonyl (C=O) groups is 1. The van der Waals surface area contributed by atoms with Crippen molar-refractivity contribution in [1.82, 2.24) is 0 Å². The molecule has 0 N–H and O–H groups in total. The average molecular weight is 271 g/mol. The van der Waals surface area contributed by atoms with E-state index in [-0.39, 0.29) is 5.97 Å². The highest BCUT2D eigenvalue weighted by Crippen LogP contribution is 2.29. The summed E-state index contributed by atoms with van der Waals surface area (Å²) in [6.45, 7) is 5.38. The highest BCUT2D eigenvalue weighted by atomic mass is 35.5. The van der Waals surface area contributed by atoms with Crippen molar-refractivity contribution in [1.29, 1.82) is 0 Å². The van der Waals surface area contributed by atoms with Gasteiger partial charge in [-0.3, -0.25) is 4.79 Å². The first-order chi connectivity index (χ1) is 7.89. The predicted molar refractivity (Wildman–Crippen MR) is 71.8 cm³/mol. The van der Waals surface area contributed by atoms with Crippen LogP contribution in [0.1, 0.15) is 20.8 Å². The van der Waals surface area contributed by atoms with Crippen LogP contribution in [0.2, 0.25) is 0 Å². The van der Waals surface area contributed by atoms with E-state index in [9.17, 15) is 4.79 Å². The lowest BCUT2D eigenvalue weighted by atomic mass is 9.98. The van der Waals surface area contributed by atoms with E-state index in [1.54, 1.807) is 20.8 Å². The van der Waals surface area contributed by atoms with Crippen molar-refractivity contribution < 1.29 is 9.53 Å². The third-order valence-corrected chi connectivity index (χ3v) is 2.95. The van der Waals surface area contributed by atoms with Gasteiger partial charge in [0.2, 0.25) is 0 Å². The van der Waals surface area contributed by atoms with E-state index in [0.717, 1.165) is 4.90 Å². The molecule has 0 bridgehead atoms. The van der Waals surface area contributed by atoms with E-state index in [1.807, 2.05) is 30.3 Å². The molecule has 0 atom stereocenters. The fraction of sp³-hybridized carbons (Fsp3) is 0.308. The smallest absolute Gasteiger partial charge is 0.316 e. The maximum atomic E-state index is 11.5. The Labute approximate surface area is 111 Å². The normalized spacial score (nSPS) is 12.4. The average Bonchev–Trinajstić information content (AvgIpc) is 2.26. The number of ether oxygens (including phenoxy) is 1. The molecule has 1 aromatic carbocycles. The fourth-order valence-corrected chi connectivity index (χ4v) is 1.83. The molecule has 0 aromatic heterocycles. The van der Waals surface area contributed by atoms with Crippen LogP contribution in [0.5, 0.6) is 0 Å². The van der Waals surface area contributed by atoms with Gasteiger partial charge >= 0.3 is 5.97 Å². The molecule has 92 valence electrons. The molecule has 0 aliphatic carbocycles. The van der Waals surface area contributed by atoms with Gasteiger partial charge < -0.3 is 4.74 Å². The molecule has 0 radical (unpaired) electrons. The summed E-state index contributed by atoms with van der Waals surface area (Å²) < 4.78 is 5.41. The van der Waals surface area contributed by atoms with Crippen LogP contribution in [0.15, 0.2) is 45.9 Å². The van der Waals surface area contributed by atoms with Crippen LogP contribution in [0, 0.1) is 5.41 Å². The number of carbonyl (C=O) groups excluding carboxylic acids is 1. The Bertz CT molecular complexity index is 407. The van der Waals surface area contributed by atoms with Crippen molar-refractivity contribution in [3.8, 4) is 0 Å². The minimum atomic E-state index is -0.523. The van der Waals surface area contributed by atoms with Crippen LogP contribution in [0.25, 0.3) is 0 Å². The maximum absolute atomic E-state index is 11.5. The molecule has 0 saturated carbocycles. The van der Waals surface area contributed by atoms with Crippen LogP contribution in [0.4, 0.5) is 0 Å². The largest absolute Gasteiger partial charge is 0.432 e. The van der Waals surface area contributed by atoms with Gasteiger partial charge in [-0.05, 0) is 32.9 Å². The molecule has 0 aliphatic heterocycles. The Kier molecular flexibility index (Phi) is 5.09. The third kappa shape index (κ3) is 5.29.